The number of hydrogen-bond acceptors (Lipinski definition) is 8. The normalized spacial score (nSPS) is 28.3. The number of hydrogen-bond donors (Lipinski definition) is 4. The number of ether oxygens (including phenoxy) is 2. The number of rotatable bonds is 3. The number of halogens is 3. The third-order valence-corrected chi connectivity index (χ3v) is 4.09. The van der Waals surface area contributed by atoms with Crippen molar-refractivity contribution in [2.75, 3.05) is 0 Å². The molecular weight excluding hydrogens is 393 g/mol. The van der Waals surface area contributed by atoms with E-state index in [0.29, 0.717) is 6.07 Å². The first kappa shape index (κ1) is 20.1. The molecule has 1 fully saturated rings. The predicted molar refractivity (Wildman–Crippen MR) is 82.4 cm³/mol. The Morgan fingerprint density at radius 1 is 1.07 bits per heavy atom. The highest BCUT2D eigenvalue weighted by Gasteiger charge is 2.48. The molecule has 1 aromatic heterocycles. The summed E-state index contributed by atoms with van der Waals surface area (Å²) < 4.78 is 54.0. The minimum absolute atomic E-state index is 0.244. The van der Waals surface area contributed by atoms with Gasteiger partial charge in [0.15, 0.2) is 6.10 Å². The van der Waals surface area contributed by atoms with Crippen molar-refractivity contribution < 1.29 is 52.3 Å². The standard InChI is InChI=1S/C16H13F3O9/c17-16(18,19)7-4-9(20)27-8-3-5(1-2-6(7)8)26-15-12(23)10(21)11(22)13(28-15)14(24)25/h1-4,10-13,15,21-23H,(H,24,25)/t10-,11-,12+,13-,15?/m0/s1. The summed E-state index contributed by atoms with van der Waals surface area (Å²) in [5.74, 6) is -1.88. The summed E-state index contributed by atoms with van der Waals surface area (Å²) in [7, 11) is 0. The van der Waals surface area contributed by atoms with Crippen molar-refractivity contribution in [3.63, 3.8) is 0 Å². The van der Waals surface area contributed by atoms with E-state index in [-0.39, 0.29) is 5.75 Å². The molecule has 1 saturated heterocycles. The lowest BCUT2D eigenvalue weighted by Crippen LogP contribution is -2.61. The maximum absolute atomic E-state index is 13.0. The van der Waals surface area contributed by atoms with Crippen molar-refractivity contribution in [3.8, 4) is 5.75 Å². The second-order valence-electron chi connectivity index (χ2n) is 5.99. The summed E-state index contributed by atoms with van der Waals surface area (Å²) in [6, 6.07) is 3.20. The molecule has 1 aliphatic rings. The Morgan fingerprint density at radius 2 is 1.75 bits per heavy atom. The summed E-state index contributed by atoms with van der Waals surface area (Å²) in [4.78, 5) is 22.5. The molecule has 0 aliphatic carbocycles. The van der Waals surface area contributed by atoms with E-state index in [9.17, 15) is 38.1 Å². The molecule has 4 N–H and O–H groups in total. The quantitative estimate of drug-likeness (QED) is 0.521. The number of benzene rings is 1. The average molecular weight is 406 g/mol. The van der Waals surface area contributed by atoms with Gasteiger partial charge in [0.05, 0.1) is 5.56 Å². The molecule has 12 heteroatoms. The highest BCUT2D eigenvalue weighted by Crippen LogP contribution is 2.35. The molecule has 9 nitrogen and oxygen atoms in total. The van der Waals surface area contributed by atoms with Gasteiger partial charge in [-0.2, -0.15) is 13.2 Å². The lowest BCUT2D eigenvalue weighted by atomic mass is 9.99. The Labute approximate surface area is 153 Å². The van der Waals surface area contributed by atoms with Gasteiger partial charge < -0.3 is 34.3 Å². The van der Waals surface area contributed by atoms with Crippen LogP contribution in [0.5, 0.6) is 5.75 Å². The van der Waals surface area contributed by atoms with Crippen LogP contribution in [-0.4, -0.2) is 57.1 Å². The lowest BCUT2D eigenvalue weighted by Gasteiger charge is -2.38. The highest BCUT2D eigenvalue weighted by molar-refractivity contribution is 5.82. The summed E-state index contributed by atoms with van der Waals surface area (Å²) in [6.45, 7) is 0. The SMILES string of the molecule is O=C(O)[C@H]1OC(Oc2ccc3c(C(F)(F)F)cc(=O)oc3c2)[C@H](O)[C@@H](O)[C@@H]1O. The molecule has 1 aliphatic heterocycles. The first-order valence-electron chi connectivity index (χ1n) is 7.73. The maximum atomic E-state index is 13.0. The van der Waals surface area contributed by atoms with Crippen LogP contribution in [0.4, 0.5) is 13.2 Å². The zero-order chi connectivity index (χ0) is 20.8. The molecule has 28 heavy (non-hydrogen) atoms. The van der Waals surface area contributed by atoms with Crippen LogP contribution in [0, 0.1) is 0 Å². The van der Waals surface area contributed by atoms with Crippen molar-refractivity contribution in [3.05, 3.63) is 40.2 Å². The minimum Gasteiger partial charge on any atom is -0.479 e. The van der Waals surface area contributed by atoms with Crippen LogP contribution >= 0.6 is 0 Å². The number of carbonyl (C=O) groups is 1. The molecule has 1 unspecified atom stereocenters. The van der Waals surface area contributed by atoms with Gasteiger partial charge >= 0.3 is 17.8 Å². The van der Waals surface area contributed by atoms with Crippen LogP contribution in [0.25, 0.3) is 11.0 Å². The van der Waals surface area contributed by atoms with Crippen LogP contribution in [0.1, 0.15) is 5.56 Å². The fourth-order valence-electron chi connectivity index (χ4n) is 2.73. The van der Waals surface area contributed by atoms with Gasteiger partial charge in [0.2, 0.25) is 6.29 Å². The fourth-order valence-corrected chi connectivity index (χ4v) is 2.73. The van der Waals surface area contributed by atoms with E-state index < -0.39 is 65.0 Å². The summed E-state index contributed by atoms with van der Waals surface area (Å²) >= 11 is 0. The Balaban J connectivity index is 1.94. The smallest absolute Gasteiger partial charge is 0.417 e. The monoisotopic (exact) mass is 406 g/mol. The molecule has 3 rings (SSSR count). The third kappa shape index (κ3) is 3.67. The molecule has 0 amide bonds. The summed E-state index contributed by atoms with van der Waals surface area (Å²) in [6.07, 6.45) is -14.2. The topological polar surface area (TPSA) is 147 Å². The van der Waals surface area contributed by atoms with E-state index in [2.05, 4.69) is 0 Å². The number of aliphatic hydroxyl groups excluding tert-OH is 3. The first-order chi connectivity index (χ1) is 13.0. The summed E-state index contributed by atoms with van der Waals surface area (Å²) in [5.41, 5.74) is -2.95. The lowest BCUT2D eigenvalue weighted by molar-refractivity contribution is -0.271. The average Bonchev–Trinajstić information content (AvgIpc) is 2.60. The molecule has 0 spiro atoms. The number of aliphatic hydroxyl groups is 3. The van der Waals surface area contributed by atoms with Crippen LogP contribution in [0.2, 0.25) is 0 Å². The Kier molecular flexibility index (Phi) is 5.06. The number of aliphatic carboxylic acids is 1. The zero-order valence-corrected chi connectivity index (χ0v) is 13.7. The van der Waals surface area contributed by atoms with Gasteiger partial charge in [0.25, 0.3) is 0 Å². The van der Waals surface area contributed by atoms with Gasteiger partial charge in [-0.1, -0.05) is 0 Å². The van der Waals surface area contributed by atoms with Crippen molar-refractivity contribution in [2.24, 2.45) is 0 Å². The molecule has 152 valence electrons. The molecule has 0 saturated carbocycles. The molecule has 0 radical (unpaired) electrons. The van der Waals surface area contributed by atoms with Crippen LogP contribution in [-0.2, 0) is 15.7 Å². The van der Waals surface area contributed by atoms with Gasteiger partial charge in [-0.05, 0) is 12.1 Å². The third-order valence-electron chi connectivity index (χ3n) is 4.09. The highest BCUT2D eigenvalue weighted by atomic mass is 19.4. The summed E-state index contributed by atoms with van der Waals surface area (Å²) in [5, 5.41) is 37.8. The molecule has 2 heterocycles. The second-order valence-corrected chi connectivity index (χ2v) is 5.99. The van der Waals surface area contributed by atoms with Crippen molar-refractivity contribution in [2.45, 2.75) is 36.9 Å². The molecule has 5 atom stereocenters. The van der Waals surface area contributed by atoms with E-state index in [1.807, 2.05) is 0 Å². The number of carboxylic acid groups (broad SMARTS) is 1. The van der Waals surface area contributed by atoms with E-state index in [4.69, 9.17) is 19.0 Å². The Bertz CT molecular complexity index is 955. The van der Waals surface area contributed by atoms with Crippen LogP contribution in [0.3, 0.4) is 0 Å². The van der Waals surface area contributed by atoms with Gasteiger partial charge in [0, 0.05) is 17.5 Å². The van der Waals surface area contributed by atoms with E-state index in [1.54, 1.807) is 0 Å². The van der Waals surface area contributed by atoms with Gasteiger partial charge in [-0.3, -0.25) is 0 Å². The van der Waals surface area contributed by atoms with Crippen LogP contribution in [0.15, 0.2) is 33.5 Å². The Morgan fingerprint density at radius 3 is 2.36 bits per heavy atom. The van der Waals surface area contributed by atoms with Crippen molar-refractivity contribution >= 4 is 16.9 Å². The molecule has 2 aromatic rings. The second kappa shape index (κ2) is 7.05. The van der Waals surface area contributed by atoms with Crippen molar-refractivity contribution in [1.82, 2.24) is 0 Å². The van der Waals surface area contributed by atoms with E-state index in [1.165, 1.54) is 0 Å². The molecule has 1 aromatic carbocycles. The zero-order valence-electron chi connectivity index (χ0n) is 13.7. The van der Waals surface area contributed by atoms with Gasteiger partial charge in [-0.25, -0.2) is 9.59 Å². The molecular formula is C16H13F3O9. The van der Waals surface area contributed by atoms with E-state index in [0.717, 1.165) is 18.2 Å². The first-order valence-corrected chi connectivity index (χ1v) is 7.73. The molecule has 0 bridgehead atoms. The van der Waals surface area contributed by atoms with Crippen molar-refractivity contribution in [1.29, 1.82) is 0 Å². The predicted octanol–water partition coefficient (Wildman–Crippen LogP) is 0.0828. The number of fused-ring (bicyclic) bond motifs is 1. The number of alkyl halides is 3. The van der Waals surface area contributed by atoms with Crippen LogP contribution < -0.4 is 10.4 Å². The Hall–Kier alpha value is -2.67. The minimum atomic E-state index is -4.81. The number of carboxylic acids is 1. The van der Waals surface area contributed by atoms with E-state index >= 15 is 0 Å². The fraction of sp³-hybridized carbons (Fsp3) is 0.375. The largest absolute Gasteiger partial charge is 0.479 e. The van der Waals surface area contributed by atoms with Gasteiger partial charge in [-0.15, -0.1) is 0 Å². The maximum Gasteiger partial charge on any atom is 0.417 e. The van der Waals surface area contributed by atoms with Gasteiger partial charge in [0.1, 0.15) is 29.6 Å².